The van der Waals surface area contributed by atoms with E-state index in [-0.39, 0.29) is 17.5 Å². The molecule has 154 valence electrons. The van der Waals surface area contributed by atoms with E-state index in [0.29, 0.717) is 38.4 Å². The molecule has 4 rings (SSSR count). The highest BCUT2D eigenvalue weighted by Gasteiger charge is 2.31. The third-order valence-corrected chi connectivity index (χ3v) is 5.26. The van der Waals surface area contributed by atoms with Crippen molar-refractivity contribution in [2.45, 2.75) is 25.4 Å². The summed E-state index contributed by atoms with van der Waals surface area (Å²) in [5, 5.41) is 2.62. The molecule has 0 radical (unpaired) electrons. The van der Waals surface area contributed by atoms with Crippen molar-refractivity contribution in [3.05, 3.63) is 47.3 Å². The molecule has 0 unspecified atom stereocenters. The summed E-state index contributed by atoms with van der Waals surface area (Å²) in [6.07, 6.45) is -0.979. The summed E-state index contributed by atoms with van der Waals surface area (Å²) in [5.41, 5.74) is 1.21. The Kier molecular flexibility index (Phi) is 5.40. The number of nitrogens with one attached hydrogen (secondary N) is 1. The Bertz CT molecular complexity index is 898. The number of rotatable bonds is 3. The van der Waals surface area contributed by atoms with Crippen molar-refractivity contribution in [3.63, 3.8) is 0 Å². The molecule has 2 aliphatic rings. The number of nitrogens with zero attached hydrogens (tertiary/aromatic N) is 3. The van der Waals surface area contributed by atoms with E-state index >= 15 is 0 Å². The normalized spacial score (nSPS) is 19.6. The van der Waals surface area contributed by atoms with Crippen LogP contribution in [0.5, 0.6) is 0 Å². The number of ether oxygens (including phenoxy) is 1. The maximum absolute atomic E-state index is 12.9. The molecule has 2 heterocycles. The van der Waals surface area contributed by atoms with Crippen LogP contribution in [0.25, 0.3) is 0 Å². The number of carbonyl (C=O) groups excluding carboxylic acids is 1. The van der Waals surface area contributed by atoms with Crippen LogP contribution in [-0.4, -0.2) is 42.2 Å². The van der Waals surface area contributed by atoms with Crippen LogP contribution in [-0.2, 0) is 28.5 Å². The number of halogens is 3. The van der Waals surface area contributed by atoms with Crippen molar-refractivity contribution in [2.24, 2.45) is 5.92 Å². The van der Waals surface area contributed by atoms with Gasteiger partial charge < -0.3 is 15.0 Å². The number of anilines is 2. The van der Waals surface area contributed by atoms with Crippen LogP contribution in [0.4, 0.5) is 24.8 Å². The summed E-state index contributed by atoms with van der Waals surface area (Å²) in [7, 11) is 0. The Morgan fingerprint density at radius 1 is 1.24 bits per heavy atom. The van der Waals surface area contributed by atoms with E-state index in [1.807, 2.05) is 0 Å². The molecule has 29 heavy (non-hydrogen) atoms. The van der Waals surface area contributed by atoms with Crippen LogP contribution in [0, 0.1) is 5.92 Å². The molecule has 0 saturated carbocycles. The Morgan fingerprint density at radius 3 is 2.79 bits per heavy atom. The van der Waals surface area contributed by atoms with Crippen LogP contribution >= 0.6 is 0 Å². The standard InChI is InChI=1S/C20H21F3N4O2/c21-20(22,23)15-2-1-3-16(11-15)25-18(28)13-4-5-17-14(10-13)12-24-19(26-17)27-6-8-29-9-7-27/h1-3,11-13H,4-10H2,(H,25,28)/t13-/m1/s1. The minimum atomic E-state index is -4.44. The number of aromatic nitrogens is 2. The molecule has 1 aromatic heterocycles. The summed E-state index contributed by atoms with van der Waals surface area (Å²) in [4.78, 5) is 23.8. The van der Waals surface area contributed by atoms with Crippen molar-refractivity contribution in [1.82, 2.24) is 9.97 Å². The highest BCUT2D eigenvalue weighted by Crippen LogP contribution is 2.31. The van der Waals surface area contributed by atoms with E-state index < -0.39 is 11.7 Å². The zero-order valence-corrected chi connectivity index (χ0v) is 15.7. The van der Waals surface area contributed by atoms with Gasteiger partial charge in [-0.3, -0.25) is 4.79 Å². The first kappa shape index (κ1) is 19.6. The molecule has 2 aromatic rings. The van der Waals surface area contributed by atoms with E-state index in [1.54, 1.807) is 6.20 Å². The van der Waals surface area contributed by atoms with E-state index in [2.05, 4.69) is 20.2 Å². The quantitative estimate of drug-likeness (QED) is 0.849. The smallest absolute Gasteiger partial charge is 0.378 e. The molecule has 1 aromatic carbocycles. The highest BCUT2D eigenvalue weighted by atomic mass is 19.4. The van der Waals surface area contributed by atoms with Crippen LogP contribution in [0.2, 0.25) is 0 Å². The lowest BCUT2D eigenvalue weighted by atomic mass is 9.86. The van der Waals surface area contributed by atoms with Crippen molar-refractivity contribution in [3.8, 4) is 0 Å². The third kappa shape index (κ3) is 4.50. The Morgan fingerprint density at radius 2 is 2.03 bits per heavy atom. The molecule has 1 saturated heterocycles. The molecular weight excluding hydrogens is 385 g/mol. The number of aryl methyl sites for hydroxylation is 1. The van der Waals surface area contributed by atoms with Gasteiger partial charge >= 0.3 is 6.18 Å². The largest absolute Gasteiger partial charge is 0.416 e. The SMILES string of the molecule is O=C(Nc1cccc(C(F)(F)F)c1)[C@@H]1CCc2nc(N3CCOCC3)ncc2C1. The number of morpholine rings is 1. The third-order valence-electron chi connectivity index (χ3n) is 5.26. The number of hydrogen-bond donors (Lipinski definition) is 1. The predicted molar refractivity (Wildman–Crippen MR) is 101 cm³/mol. The first-order valence-corrected chi connectivity index (χ1v) is 9.56. The topological polar surface area (TPSA) is 67.4 Å². The number of alkyl halides is 3. The van der Waals surface area contributed by atoms with Crippen molar-refractivity contribution in [1.29, 1.82) is 0 Å². The number of fused-ring (bicyclic) bond motifs is 1. The van der Waals surface area contributed by atoms with Crippen molar-refractivity contribution in [2.75, 3.05) is 36.5 Å². The van der Waals surface area contributed by atoms with E-state index in [4.69, 9.17) is 4.74 Å². The van der Waals surface area contributed by atoms with Gasteiger partial charge in [-0.1, -0.05) is 6.07 Å². The van der Waals surface area contributed by atoms with Crippen molar-refractivity contribution < 1.29 is 22.7 Å². The van der Waals surface area contributed by atoms with Gasteiger partial charge in [0.1, 0.15) is 0 Å². The second-order valence-corrected chi connectivity index (χ2v) is 7.25. The summed E-state index contributed by atoms with van der Waals surface area (Å²) in [6.45, 7) is 2.80. The van der Waals surface area contributed by atoms with Gasteiger partial charge in [-0.05, 0) is 43.0 Å². The summed E-state index contributed by atoms with van der Waals surface area (Å²) in [5.74, 6) is 0.0704. The Labute approximate surface area is 166 Å². The van der Waals surface area contributed by atoms with Gasteiger partial charge in [0.2, 0.25) is 11.9 Å². The van der Waals surface area contributed by atoms with E-state index in [0.717, 1.165) is 36.5 Å². The van der Waals surface area contributed by atoms with E-state index in [9.17, 15) is 18.0 Å². The minimum absolute atomic E-state index is 0.148. The zero-order chi connectivity index (χ0) is 20.4. The van der Waals surface area contributed by atoms with Gasteiger partial charge in [0.25, 0.3) is 0 Å². The predicted octanol–water partition coefficient (Wildman–Crippen LogP) is 3.08. The second-order valence-electron chi connectivity index (χ2n) is 7.25. The maximum atomic E-state index is 12.9. The van der Waals surface area contributed by atoms with Gasteiger partial charge in [-0.15, -0.1) is 0 Å². The molecule has 1 fully saturated rings. The van der Waals surface area contributed by atoms with Gasteiger partial charge in [0.05, 0.1) is 18.8 Å². The monoisotopic (exact) mass is 406 g/mol. The summed E-state index contributed by atoms with van der Waals surface area (Å²) >= 11 is 0. The van der Waals surface area contributed by atoms with Crippen molar-refractivity contribution >= 4 is 17.5 Å². The number of benzene rings is 1. The first-order chi connectivity index (χ1) is 13.9. The Balaban J connectivity index is 1.42. The molecule has 1 N–H and O–H groups in total. The average molecular weight is 406 g/mol. The molecule has 1 amide bonds. The van der Waals surface area contributed by atoms with Crippen LogP contribution in [0.15, 0.2) is 30.5 Å². The lowest BCUT2D eigenvalue weighted by Crippen LogP contribution is -2.38. The summed E-state index contributed by atoms with van der Waals surface area (Å²) < 4.78 is 43.9. The number of hydrogen-bond acceptors (Lipinski definition) is 5. The van der Waals surface area contributed by atoms with Crippen LogP contribution < -0.4 is 10.2 Å². The molecule has 6 nitrogen and oxygen atoms in total. The number of carbonyl (C=O) groups is 1. The van der Waals surface area contributed by atoms with Crippen LogP contribution in [0.3, 0.4) is 0 Å². The fourth-order valence-corrected chi connectivity index (χ4v) is 3.65. The minimum Gasteiger partial charge on any atom is -0.378 e. The molecular formula is C20H21F3N4O2. The van der Waals surface area contributed by atoms with Gasteiger partial charge in [-0.25, -0.2) is 9.97 Å². The number of amides is 1. The van der Waals surface area contributed by atoms with Gasteiger partial charge in [-0.2, -0.15) is 13.2 Å². The molecule has 9 heteroatoms. The average Bonchev–Trinajstić information content (AvgIpc) is 2.73. The molecule has 1 aliphatic carbocycles. The lowest BCUT2D eigenvalue weighted by molar-refractivity contribution is -0.137. The highest BCUT2D eigenvalue weighted by molar-refractivity contribution is 5.93. The molecule has 1 aliphatic heterocycles. The van der Waals surface area contributed by atoms with Gasteiger partial charge in [0, 0.05) is 36.6 Å². The molecule has 0 bridgehead atoms. The second kappa shape index (κ2) is 7.98. The Hall–Kier alpha value is -2.68. The van der Waals surface area contributed by atoms with Crippen LogP contribution in [0.1, 0.15) is 23.2 Å². The lowest BCUT2D eigenvalue weighted by Gasteiger charge is -2.28. The molecule has 0 spiro atoms. The fraction of sp³-hybridized carbons (Fsp3) is 0.450. The summed E-state index contributed by atoms with van der Waals surface area (Å²) in [6, 6.07) is 4.68. The zero-order valence-electron chi connectivity index (χ0n) is 15.7. The van der Waals surface area contributed by atoms with E-state index in [1.165, 1.54) is 12.1 Å². The first-order valence-electron chi connectivity index (χ1n) is 9.56. The molecule has 1 atom stereocenters. The maximum Gasteiger partial charge on any atom is 0.416 e. The fourth-order valence-electron chi connectivity index (χ4n) is 3.65. The van der Waals surface area contributed by atoms with Gasteiger partial charge in [0.15, 0.2) is 0 Å².